The number of halogens is 4. The van der Waals surface area contributed by atoms with Gasteiger partial charge in [0.1, 0.15) is 16.5 Å². The molecule has 1 N–H and O–H groups in total. The van der Waals surface area contributed by atoms with Gasteiger partial charge in [0.15, 0.2) is 17.3 Å². The summed E-state index contributed by atoms with van der Waals surface area (Å²) in [5.74, 6) is -2.34. The molecule has 1 saturated carbocycles. The number of carbonyl (C=O) groups excluding carboxylic acids is 2. The van der Waals surface area contributed by atoms with Crippen molar-refractivity contribution in [1.82, 2.24) is 14.8 Å². The van der Waals surface area contributed by atoms with Gasteiger partial charge in [-0.25, -0.2) is 4.98 Å². The van der Waals surface area contributed by atoms with Crippen molar-refractivity contribution in [2.75, 3.05) is 0 Å². The number of rotatable bonds is 3. The van der Waals surface area contributed by atoms with E-state index in [1.165, 1.54) is 12.3 Å². The van der Waals surface area contributed by atoms with Crippen LogP contribution in [0.1, 0.15) is 36.1 Å². The summed E-state index contributed by atoms with van der Waals surface area (Å²) in [5, 5.41) is 14.0. The lowest BCUT2D eigenvalue weighted by atomic mass is 9.90. The molecule has 6 nitrogen and oxygen atoms in total. The topological polar surface area (TPSA) is 85.1 Å². The summed E-state index contributed by atoms with van der Waals surface area (Å²) in [6.45, 7) is -0.0717. The average molecular weight is 400 g/mol. The summed E-state index contributed by atoms with van der Waals surface area (Å²) >= 11 is 5.67. The number of Topliss-reactive ketones (excluding diaryl/α,β-unsaturated/α-hetero) is 2. The molecule has 0 amide bonds. The van der Waals surface area contributed by atoms with Crippen molar-refractivity contribution in [3.05, 3.63) is 52.1 Å². The maximum atomic E-state index is 13.4. The molecular formula is C17H13ClF3N3O3. The Bertz CT molecular complexity index is 915. The number of aromatic nitrogens is 3. The minimum Gasteiger partial charge on any atom is -0.506 e. The van der Waals surface area contributed by atoms with Crippen LogP contribution < -0.4 is 0 Å². The van der Waals surface area contributed by atoms with Gasteiger partial charge in [0.25, 0.3) is 0 Å². The molecule has 0 spiro atoms. The normalized spacial score (nSPS) is 15.3. The smallest absolute Gasteiger partial charge is 0.435 e. The maximum absolute atomic E-state index is 13.4. The van der Waals surface area contributed by atoms with Crippen LogP contribution in [-0.2, 0) is 22.3 Å². The number of carbonyl (C=O) groups is 2. The lowest BCUT2D eigenvalue weighted by Gasteiger charge is -2.14. The summed E-state index contributed by atoms with van der Waals surface area (Å²) in [5.41, 5.74) is -2.15. The van der Waals surface area contributed by atoms with Crippen LogP contribution in [0.4, 0.5) is 13.2 Å². The first-order valence-corrected chi connectivity index (χ1v) is 8.29. The quantitative estimate of drug-likeness (QED) is 0.369. The Labute approximate surface area is 156 Å². The molecule has 1 aliphatic carbocycles. The highest BCUT2D eigenvalue weighted by Crippen LogP contribution is 2.35. The van der Waals surface area contributed by atoms with E-state index < -0.39 is 40.3 Å². The van der Waals surface area contributed by atoms with Gasteiger partial charge in [-0.1, -0.05) is 17.7 Å². The highest BCUT2D eigenvalue weighted by Gasteiger charge is 2.40. The van der Waals surface area contributed by atoms with Crippen molar-refractivity contribution < 1.29 is 27.9 Å². The van der Waals surface area contributed by atoms with E-state index >= 15 is 0 Å². The first kappa shape index (κ1) is 19.1. The lowest BCUT2D eigenvalue weighted by Crippen LogP contribution is -2.21. The Morgan fingerprint density at radius 3 is 2.44 bits per heavy atom. The molecule has 1 fully saturated rings. The Morgan fingerprint density at radius 1 is 1.22 bits per heavy atom. The summed E-state index contributed by atoms with van der Waals surface area (Å²) in [7, 11) is 0. The van der Waals surface area contributed by atoms with Gasteiger partial charge in [-0.05, 0) is 18.1 Å². The number of hydrogen-bond donors (Lipinski definition) is 1. The van der Waals surface area contributed by atoms with Crippen LogP contribution in [0.5, 0.6) is 0 Å². The molecule has 10 heteroatoms. The van der Waals surface area contributed by atoms with Crippen LogP contribution in [0, 0.1) is 0 Å². The molecule has 0 aromatic carbocycles. The minimum absolute atomic E-state index is 0.00291. The SMILES string of the molecule is O=C1CCCC(=O)C1=C(O)c1cn(Cc2ccc(Cl)nc2)nc1C(F)(F)F. The Morgan fingerprint density at radius 2 is 1.89 bits per heavy atom. The van der Waals surface area contributed by atoms with Crippen LogP contribution in [0.25, 0.3) is 5.76 Å². The number of ketones is 2. The molecule has 142 valence electrons. The highest BCUT2D eigenvalue weighted by molar-refractivity contribution is 6.29. The second-order valence-corrected chi connectivity index (χ2v) is 6.39. The standard InChI is InChI=1S/C17H13ClF3N3O3/c18-13-5-4-9(6-22-13)7-24-8-10(16(23-24)17(19,20)21)15(27)14-11(25)2-1-3-12(14)26/h4-6,8,27H,1-3,7H2. The summed E-state index contributed by atoms with van der Waals surface area (Å²) < 4.78 is 41.1. The molecule has 1 aliphatic rings. The van der Waals surface area contributed by atoms with E-state index in [1.54, 1.807) is 6.07 Å². The molecule has 0 unspecified atom stereocenters. The van der Waals surface area contributed by atoms with Crippen LogP contribution in [0.2, 0.25) is 5.15 Å². The summed E-state index contributed by atoms with van der Waals surface area (Å²) in [6.07, 6.45) is -2.25. The third-order valence-corrected chi connectivity index (χ3v) is 4.24. The fourth-order valence-electron chi connectivity index (χ4n) is 2.79. The van der Waals surface area contributed by atoms with Gasteiger partial charge >= 0.3 is 6.18 Å². The van der Waals surface area contributed by atoms with Crippen molar-refractivity contribution in [3.8, 4) is 0 Å². The number of allylic oxidation sites excluding steroid dienone is 1. The van der Waals surface area contributed by atoms with Gasteiger partial charge in [-0.2, -0.15) is 18.3 Å². The Kier molecular flexibility index (Phi) is 5.05. The van der Waals surface area contributed by atoms with Crippen LogP contribution in [0.15, 0.2) is 30.1 Å². The number of pyridine rings is 1. The minimum atomic E-state index is -4.88. The fraction of sp³-hybridized carbons (Fsp3) is 0.294. The third-order valence-electron chi connectivity index (χ3n) is 4.02. The number of aliphatic hydroxyl groups is 1. The Balaban J connectivity index is 2.06. The Hall–Kier alpha value is -2.68. The zero-order valence-corrected chi connectivity index (χ0v) is 14.5. The molecule has 0 saturated heterocycles. The van der Waals surface area contributed by atoms with E-state index in [-0.39, 0.29) is 24.5 Å². The van der Waals surface area contributed by atoms with Gasteiger partial charge in [-0.15, -0.1) is 0 Å². The molecule has 0 radical (unpaired) electrons. The van der Waals surface area contributed by atoms with E-state index in [2.05, 4.69) is 10.1 Å². The molecule has 3 rings (SSSR count). The fourth-order valence-corrected chi connectivity index (χ4v) is 2.90. The highest BCUT2D eigenvalue weighted by atomic mass is 35.5. The van der Waals surface area contributed by atoms with Gasteiger partial charge in [-0.3, -0.25) is 14.3 Å². The lowest BCUT2D eigenvalue weighted by molar-refractivity contribution is -0.142. The summed E-state index contributed by atoms with van der Waals surface area (Å²) in [6, 6.07) is 3.04. The largest absolute Gasteiger partial charge is 0.506 e. The predicted octanol–water partition coefficient (Wildman–Crippen LogP) is 3.59. The van der Waals surface area contributed by atoms with E-state index in [9.17, 15) is 27.9 Å². The van der Waals surface area contributed by atoms with Gasteiger partial charge in [0.05, 0.1) is 12.1 Å². The monoisotopic (exact) mass is 399 g/mol. The van der Waals surface area contributed by atoms with Crippen LogP contribution >= 0.6 is 11.6 Å². The van der Waals surface area contributed by atoms with Gasteiger partial charge in [0, 0.05) is 25.2 Å². The van der Waals surface area contributed by atoms with Gasteiger partial charge in [0.2, 0.25) is 0 Å². The van der Waals surface area contributed by atoms with Crippen molar-refractivity contribution in [1.29, 1.82) is 0 Å². The van der Waals surface area contributed by atoms with E-state index in [0.717, 1.165) is 10.9 Å². The number of hydrogen-bond acceptors (Lipinski definition) is 5. The third kappa shape index (κ3) is 4.02. The number of aliphatic hydroxyl groups excluding tert-OH is 1. The van der Waals surface area contributed by atoms with Crippen LogP contribution in [0.3, 0.4) is 0 Å². The van der Waals surface area contributed by atoms with E-state index in [1.807, 2.05) is 0 Å². The van der Waals surface area contributed by atoms with Crippen molar-refractivity contribution in [2.24, 2.45) is 0 Å². The first-order chi connectivity index (χ1) is 12.7. The van der Waals surface area contributed by atoms with Crippen molar-refractivity contribution in [2.45, 2.75) is 32.0 Å². The zero-order valence-electron chi connectivity index (χ0n) is 13.8. The average Bonchev–Trinajstić information content (AvgIpc) is 3.01. The van der Waals surface area contributed by atoms with E-state index in [4.69, 9.17) is 11.6 Å². The zero-order chi connectivity index (χ0) is 19.8. The second-order valence-electron chi connectivity index (χ2n) is 6.00. The van der Waals surface area contributed by atoms with E-state index in [0.29, 0.717) is 12.0 Å². The molecule has 0 atom stereocenters. The molecule has 0 bridgehead atoms. The van der Waals surface area contributed by atoms with Crippen molar-refractivity contribution >= 4 is 28.9 Å². The molecular weight excluding hydrogens is 387 g/mol. The van der Waals surface area contributed by atoms with Gasteiger partial charge < -0.3 is 5.11 Å². The van der Waals surface area contributed by atoms with Crippen molar-refractivity contribution in [3.63, 3.8) is 0 Å². The second kappa shape index (κ2) is 7.15. The summed E-state index contributed by atoms with van der Waals surface area (Å²) in [4.78, 5) is 27.7. The molecule has 2 heterocycles. The number of alkyl halides is 3. The molecule has 2 aromatic heterocycles. The molecule has 27 heavy (non-hydrogen) atoms. The number of nitrogens with zero attached hydrogens (tertiary/aromatic N) is 3. The molecule has 0 aliphatic heterocycles. The predicted molar refractivity (Wildman–Crippen MR) is 89.0 cm³/mol. The van der Waals surface area contributed by atoms with Crippen LogP contribution in [-0.4, -0.2) is 31.4 Å². The first-order valence-electron chi connectivity index (χ1n) is 7.92. The maximum Gasteiger partial charge on any atom is 0.435 e. The molecule has 2 aromatic rings.